The summed E-state index contributed by atoms with van der Waals surface area (Å²) >= 11 is 6.14. The van der Waals surface area contributed by atoms with Crippen molar-refractivity contribution >= 4 is 28.9 Å². The number of anilines is 1. The summed E-state index contributed by atoms with van der Waals surface area (Å²) in [4.78, 5) is 22.7. The van der Waals surface area contributed by atoms with Crippen molar-refractivity contribution in [3.05, 3.63) is 63.2 Å². The summed E-state index contributed by atoms with van der Waals surface area (Å²) in [7, 11) is 1.42. The largest absolute Gasteiger partial charge is 0.496 e. The van der Waals surface area contributed by atoms with E-state index in [1.165, 1.54) is 19.2 Å². The van der Waals surface area contributed by atoms with E-state index in [4.69, 9.17) is 16.3 Å². The van der Waals surface area contributed by atoms with E-state index < -0.39 is 4.92 Å². The maximum Gasteiger partial charge on any atom is 0.296 e. The maximum absolute atomic E-state index is 12.1. The van der Waals surface area contributed by atoms with Gasteiger partial charge in [-0.15, -0.1) is 0 Å². The molecule has 0 radical (unpaired) electrons. The predicted molar refractivity (Wildman–Crippen MR) is 94.9 cm³/mol. The van der Waals surface area contributed by atoms with E-state index in [9.17, 15) is 14.9 Å². The average molecular weight is 365 g/mol. The van der Waals surface area contributed by atoms with Gasteiger partial charge in [0.1, 0.15) is 17.5 Å². The first-order valence-corrected chi connectivity index (χ1v) is 8.00. The van der Waals surface area contributed by atoms with Gasteiger partial charge in [-0.3, -0.25) is 14.9 Å². The van der Waals surface area contributed by atoms with Crippen LogP contribution < -0.4 is 15.4 Å². The molecule has 0 aliphatic rings. The van der Waals surface area contributed by atoms with Gasteiger partial charge in [-0.2, -0.15) is 0 Å². The Labute approximate surface area is 150 Å². The Balaban J connectivity index is 2.01. The van der Waals surface area contributed by atoms with E-state index in [1.54, 1.807) is 12.1 Å². The van der Waals surface area contributed by atoms with Crippen molar-refractivity contribution in [3.8, 4) is 5.75 Å². The number of halogens is 1. The molecule has 0 aliphatic carbocycles. The van der Waals surface area contributed by atoms with Crippen LogP contribution in [0.3, 0.4) is 0 Å². The third-order valence-electron chi connectivity index (χ3n) is 3.73. The van der Waals surface area contributed by atoms with Gasteiger partial charge < -0.3 is 15.4 Å². The van der Waals surface area contributed by atoms with E-state index in [2.05, 4.69) is 5.32 Å². The minimum Gasteiger partial charge on any atom is -0.496 e. The Morgan fingerprint density at radius 3 is 2.72 bits per heavy atom. The Morgan fingerprint density at radius 1 is 1.36 bits per heavy atom. The molecule has 8 heteroatoms. The SMILES string of the molecule is COc1ccc(NC(=O)C[NH2+][C@H](C)c2ccccc2Cl)c([N+](=O)[O-])c1. The highest BCUT2D eigenvalue weighted by molar-refractivity contribution is 6.31. The molecule has 25 heavy (non-hydrogen) atoms. The number of nitro groups is 1. The number of hydrogen-bond acceptors (Lipinski definition) is 4. The number of quaternary nitrogens is 1. The van der Waals surface area contributed by atoms with Crippen LogP contribution in [0.1, 0.15) is 18.5 Å². The molecule has 2 rings (SSSR count). The number of methoxy groups -OCH3 is 1. The van der Waals surface area contributed by atoms with E-state index in [0.717, 1.165) is 5.56 Å². The van der Waals surface area contributed by atoms with Crippen LogP contribution in [0.15, 0.2) is 42.5 Å². The summed E-state index contributed by atoms with van der Waals surface area (Å²) in [6.45, 7) is 2.04. The summed E-state index contributed by atoms with van der Waals surface area (Å²) < 4.78 is 4.97. The molecule has 0 unspecified atom stereocenters. The molecule has 0 aromatic heterocycles. The van der Waals surface area contributed by atoms with Crippen molar-refractivity contribution in [2.45, 2.75) is 13.0 Å². The second-order valence-electron chi connectivity index (χ2n) is 5.44. The Kier molecular flexibility index (Phi) is 6.32. The number of nitro benzene ring substituents is 1. The van der Waals surface area contributed by atoms with Crippen LogP contribution in [0.25, 0.3) is 0 Å². The minimum atomic E-state index is -0.561. The number of nitrogens with zero attached hydrogens (tertiary/aromatic N) is 1. The van der Waals surface area contributed by atoms with Gasteiger partial charge in [-0.25, -0.2) is 0 Å². The minimum absolute atomic E-state index is 0.0229. The summed E-state index contributed by atoms with van der Waals surface area (Å²) in [5, 5.41) is 16.1. The standard InChI is InChI=1S/C17H18ClN3O4/c1-11(13-5-3-4-6-14(13)18)19-10-17(22)20-15-8-7-12(25-2)9-16(15)21(23)24/h3-9,11,19H,10H2,1-2H3,(H,20,22)/p+1/t11-/m1/s1. The number of rotatable bonds is 7. The topological polar surface area (TPSA) is 98.1 Å². The lowest BCUT2D eigenvalue weighted by molar-refractivity contribution is -0.682. The molecule has 132 valence electrons. The zero-order chi connectivity index (χ0) is 18.4. The third kappa shape index (κ3) is 4.91. The lowest BCUT2D eigenvalue weighted by Gasteiger charge is -2.12. The number of carbonyl (C=O) groups is 1. The van der Waals surface area contributed by atoms with E-state index in [-0.39, 0.29) is 29.9 Å². The number of amides is 1. The molecule has 0 saturated carbocycles. The molecule has 0 fully saturated rings. The maximum atomic E-state index is 12.1. The lowest BCUT2D eigenvalue weighted by atomic mass is 10.1. The van der Waals surface area contributed by atoms with Crippen molar-refractivity contribution in [1.82, 2.24) is 0 Å². The molecule has 3 N–H and O–H groups in total. The van der Waals surface area contributed by atoms with Crippen molar-refractivity contribution in [2.24, 2.45) is 0 Å². The van der Waals surface area contributed by atoms with Crippen molar-refractivity contribution in [1.29, 1.82) is 0 Å². The van der Waals surface area contributed by atoms with Gasteiger partial charge in [-0.1, -0.05) is 29.8 Å². The molecule has 0 saturated heterocycles. The normalized spacial score (nSPS) is 11.6. The van der Waals surface area contributed by atoms with Crippen molar-refractivity contribution in [3.63, 3.8) is 0 Å². The zero-order valence-electron chi connectivity index (χ0n) is 13.9. The number of hydrogen-bond donors (Lipinski definition) is 2. The molecular weight excluding hydrogens is 346 g/mol. The van der Waals surface area contributed by atoms with E-state index in [0.29, 0.717) is 10.8 Å². The highest BCUT2D eigenvalue weighted by Crippen LogP contribution is 2.28. The molecule has 0 heterocycles. The van der Waals surface area contributed by atoms with Crippen LogP contribution >= 0.6 is 11.6 Å². The van der Waals surface area contributed by atoms with E-state index in [1.807, 2.05) is 30.4 Å². The molecule has 0 spiro atoms. The summed E-state index contributed by atoms with van der Waals surface area (Å²) in [6.07, 6.45) is 0. The van der Waals surface area contributed by atoms with Gasteiger partial charge in [0.2, 0.25) is 0 Å². The Hall–Kier alpha value is -2.64. The van der Waals surface area contributed by atoms with Gasteiger partial charge in [0.15, 0.2) is 6.54 Å². The summed E-state index contributed by atoms with van der Waals surface area (Å²) in [5.74, 6) is 0.00998. The van der Waals surface area contributed by atoms with Crippen LogP contribution in [-0.4, -0.2) is 24.5 Å². The first kappa shape index (κ1) is 18.7. The smallest absolute Gasteiger partial charge is 0.296 e. The van der Waals surface area contributed by atoms with Gasteiger partial charge in [0, 0.05) is 10.6 Å². The molecule has 0 bridgehead atoms. The molecular formula is C17H19ClN3O4+. The Bertz CT molecular complexity index is 782. The van der Waals surface area contributed by atoms with Gasteiger partial charge >= 0.3 is 0 Å². The van der Waals surface area contributed by atoms with E-state index >= 15 is 0 Å². The fraction of sp³-hybridized carbons (Fsp3) is 0.235. The summed E-state index contributed by atoms with van der Waals surface area (Å²) in [5.41, 5.74) is 0.842. The van der Waals surface area contributed by atoms with Crippen LogP contribution in [-0.2, 0) is 4.79 Å². The number of benzene rings is 2. The molecule has 2 aromatic rings. The first-order chi connectivity index (χ1) is 11.9. The summed E-state index contributed by atoms with van der Waals surface area (Å²) in [6, 6.07) is 11.7. The number of carbonyl (C=O) groups excluding carboxylic acids is 1. The molecule has 0 aliphatic heterocycles. The van der Waals surface area contributed by atoms with Gasteiger partial charge in [0.25, 0.3) is 11.6 Å². The predicted octanol–water partition coefficient (Wildman–Crippen LogP) is 2.52. The first-order valence-electron chi connectivity index (χ1n) is 7.62. The van der Waals surface area contributed by atoms with Gasteiger partial charge in [0.05, 0.1) is 18.1 Å². The van der Waals surface area contributed by atoms with Gasteiger partial charge in [-0.05, 0) is 25.1 Å². The number of ether oxygens (including phenoxy) is 1. The van der Waals surface area contributed by atoms with Crippen molar-refractivity contribution in [2.75, 3.05) is 19.0 Å². The highest BCUT2D eigenvalue weighted by Gasteiger charge is 2.19. The van der Waals surface area contributed by atoms with Crippen LogP contribution in [0, 0.1) is 10.1 Å². The van der Waals surface area contributed by atoms with Crippen LogP contribution in [0.5, 0.6) is 5.75 Å². The quantitative estimate of drug-likeness (QED) is 0.582. The number of nitrogens with two attached hydrogens (primary N) is 1. The molecule has 1 amide bonds. The fourth-order valence-electron chi connectivity index (χ4n) is 2.35. The Morgan fingerprint density at radius 2 is 2.08 bits per heavy atom. The molecule has 7 nitrogen and oxygen atoms in total. The van der Waals surface area contributed by atoms with Crippen LogP contribution in [0.2, 0.25) is 5.02 Å². The number of nitrogens with one attached hydrogen (secondary N) is 1. The zero-order valence-corrected chi connectivity index (χ0v) is 14.6. The lowest BCUT2D eigenvalue weighted by Crippen LogP contribution is -2.86. The van der Waals surface area contributed by atoms with Crippen molar-refractivity contribution < 1.29 is 19.8 Å². The molecule has 2 aromatic carbocycles. The molecule has 1 atom stereocenters. The fourth-order valence-corrected chi connectivity index (χ4v) is 2.66. The second-order valence-corrected chi connectivity index (χ2v) is 5.85. The highest BCUT2D eigenvalue weighted by atomic mass is 35.5. The third-order valence-corrected chi connectivity index (χ3v) is 4.07. The monoisotopic (exact) mass is 364 g/mol. The average Bonchev–Trinajstić information content (AvgIpc) is 2.60. The second kappa shape index (κ2) is 8.46. The van der Waals surface area contributed by atoms with Crippen LogP contribution in [0.4, 0.5) is 11.4 Å².